The molecule has 2 heterocycles. The van der Waals surface area contributed by atoms with Gasteiger partial charge in [-0.3, -0.25) is 4.79 Å². The molecule has 0 unspecified atom stereocenters. The minimum absolute atomic E-state index is 0.195. The first-order valence-electron chi connectivity index (χ1n) is 5.22. The molecule has 0 spiro atoms. The van der Waals surface area contributed by atoms with Crippen molar-refractivity contribution in [3.8, 4) is 0 Å². The molecule has 0 radical (unpaired) electrons. The Morgan fingerprint density at radius 3 is 2.15 bits per heavy atom. The van der Waals surface area contributed by atoms with E-state index in [1.807, 2.05) is 0 Å². The zero-order chi connectivity index (χ0) is 15.3. The first-order valence-corrected chi connectivity index (χ1v) is 5.22. The van der Waals surface area contributed by atoms with Crippen molar-refractivity contribution in [1.29, 1.82) is 0 Å². The molecule has 3 atom stereocenters. The van der Waals surface area contributed by atoms with Gasteiger partial charge in [0.2, 0.25) is 11.7 Å². The van der Waals surface area contributed by atoms with Crippen molar-refractivity contribution in [2.75, 3.05) is 0 Å². The van der Waals surface area contributed by atoms with Crippen LogP contribution in [0.2, 0.25) is 0 Å². The van der Waals surface area contributed by atoms with Crippen LogP contribution in [0, 0.1) is 5.92 Å². The predicted molar refractivity (Wildman–Crippen MR) is 48.1 cm³/mol. The van der Waals surface area contributed by atoms with Gasteiger partial charge in [0.05, 0.1) is 12.3 Å². The van der Waals surface area contributed by atoms with E-state index in [1.54, 1.807) is 0 Å². The topological polar surface area (TPSA) is 52.6 Å². The molecule has 1 saturated heterocycles. The van der Waals surface area contributed by atoms with Crippen LogP contribution in [0.1, 0.15) is 6.42 Å². The molecule has 4 nitrogen and oxygen atoms in total. The maximum absolute atomic E-state index is 13.1. The number of hydrogen-bond donors (Lipinski definition) is 0. The molecule has 0 aromatic rings. The Bertz CT molecular complexity index is 479. The zero-order valence-corrected chi connectivity index (χ0v) is 9.42. The Kier molecular flexibility index (Phi) is 3.02. The third-order valence-corrected chi connectivity index (χ3v) is 3.06. The van der Waals surface area contributed by atoms with Crippen molar-refractivity contribution in [1.82, 2.24) is 0 Å². The molecule has 1 fully saturated rings. The van der Waals surface area contributed by atoms with Crippen LogP contribution >= 0.6 is 0 Å². The lowest BCUT2D eigenvalue weighted by Crippen LogP contribution is -2.55. The summed E-state index contributed by atoms with van der Waals surface area (Å²) in [6, 6.07) is 0. The van der Waals surface area contributed by atoms with E-state index in [-0.39, 0.29) is 6.08 Å². The largest absolute Gasteiger partial charge is 0.452 e. The molecule has 0 aliphatic carbocycles. The van der Waals surface area contributed by atoms with Crippen LogP contribution in [0.3, 0.4) is 0 Å². The average Bonchev–Trinajstić information content (AvgIpc) is 2.80. The molecule has 2 aliphatic rings. The highest BCUT2D eigenvalue weighted by Crippen LogP contribution is 2.51. The average molecular weight is 304 g/mol. The molecule has 20 heavy (non-hydrogen) atoms. The first kappa shape index (κ1) is 14.7. The number of halogens is 6. The van der Waals surface area contributed by atoms with Crippen molar-refractivity contribution >= 4 is 11.9 Å². The second kappa shape index (κ2) is 4.13. The zero-order valence-electron chi connectivity index (χ0n) is 9.42. The van der Waals surface area contributed by atoms with Gasteiger partial charge in [0, 0.05) is 6.08 Å². The van der Waals surface area contributed by atoms with Crippen LogP contribution < -0.4 is 0 Å². The molecule has 2 rings (SSSR count). The van der Waals surface area contributed by atoms with E-state index in [0.29, 0.717) is 6.08 Å². The van der Waals surface area contributed by atoms with Gasteiger partial charge in [0.1, 0.15) is 0 Å². The number of cyclic esters (lactones) is 2. The lowest BCUT2D eigenvalue weighted by molar-refractivity contribution is -0.287. The molecular formula is C10H6F6O4. The summed E-state index contributed by atoms with van der Waals surface area (Å²) in [6.45, 7) is 0. The molecular weight excluding hydrogens is 298 g/mol. The van der Waals surface area contributed by atoms with Gasteiger partial charge in [0.15, 0.2) is 0 Å². The van der Waals surface area contributed by atoms with E-state index < -0.39 is 48.3 Å². The second-order valence-electron chi connectivity index (χ2n) is 4.31. The second-order valence-corrected chi connectivity index (χ2v) is 4.31. The van der Waals surface area contributed by atoms with Gasteiger partial charge in [0.25, 0.3) is 0 Å². The van der Waals surface area contributed by atoms with Crippen LogP contribution in [-0.4, -0.2) is 36.0 Å². The minimum atomic E-state index is -5.31. The van der Waals surface area contributed by atoms with Crippen LogP contribution in [0.25, 0.3) is 0 Å². The maximum Gasteiger partial charge on any atom is 0.432 e. The van der Waals surface area contributed by atoms with Gasteiger partial charge >= 0.3 is 24.3 Å². The number of rotatable bonds is 1. The fraction of sp³-hybridized carbons (Fsp3) is 0.600. The minimum Gasteiger partial charge on any atom is -0.452 e. The van der Waals surface area contributed by atoms with Crippen LogP contribution in [0.15, 0.2) is 12.2 Å². The standard InChI is InChI=1S/C10H6F6O4/c11-9(12,13)7-4(3-6(18)19-7)8(10(14,15)16)2-1-5(17)20-8/h1-2,4,7H,3H2/t4-,7-,8-/m0/s1. The molecule has 0 bridgehead atoms. The Labute approximate surface area is 107 Å². The number of carbonyl (C=O) groups is 2. The van der Waals surface area contributed by atoms with Crippen molar-refractivity contribution in [2.45, 2.75) is 30.5 Å². The smallest absolute Gasteiger partial charge is 0.432 e. The molecule has 2 aliphatic heterocycles. The van der Waals surface area contributed by atoms with E-state index >= 15 is 0 Å². The van der Waals surface area contributed by atoms with Crippen molar-refractivity contribution in [2.24, 2.45) is 5.92 Å². The Morgan fingerprint density at radius 2 is 1.75 bits per heavy atom. The molecule has 112 valence electrons. The summed E-state index contributed by atoms with van der Waals surface area (Å²) in [7, 11) is 0. The van der Waals surface area contributed by atoms with Crippen molar-refractivity contribution in [3.63, 3.8) is 0 Å². The molecule has 0 amide bonds. The van der Waals surface area contributed by atoms with Gasteiger partial charge in [-0.2, -0.15) is 26.3 Å². The molecule has 0 aromatic heterocycles. The fourth-order valence-corrected chi connectivity index (χ4v) is 2.22. The molecule has 0 saturated carbocycles. The van der Waals surface area contributed by atoms with Gasteiger partial charge in [-0.25, -0.2) is 4.79 Å². The molecule has 10 heteroatoms. The van der Waals surface area contributed by atoms with E-state index in [2.05, 4.69) is 9.47 Å². The summed E-state index contributed by atoms with van der Waals surface area (Å²) in [5, 5.41) is 0. The number of hydrogen-bond acceptors (Lipinski definition) is 4. The first-order chi connectivity index (χ1) is 8.97. The Balaban J connectivity index is 2.47. The van der Waals surface area contributed by atoms with E-state index in [1.165, 1.54) is 0 Å². The number of esters is 2. The van der Waals surface area contributed by atoms with Crippen LogP contribution in [-0.2, 0) is 19.1 Å². The van der Waals surface area contributed by atoms with Crippen LogP contribution in [0.4, 0.5) is 26.3 Å². The van der Waals surface area contributed by atoms with Gasteiger partial charge in [-0.15, -0.1) is 0 Å². The van der Waals surface area contributed by atoms with Crippen molar-refractivity contribution < 1.29 is 45.4 Å². The highest BCUT2D eigenvalue weighted by molar-refractivity contribution is 5.86. The van der Waals surface area contributed by atoms with Gasteiger partial charge < -0.3 is 9.47 Å². The molecule has 0 N–H and O–H groups in total. The SMILES string of the molecule is O=C1C=C[C@]([C@H]2CC(=O)O[C@@H]2C(F)(F)F)(C(F)(F)F)O1. The third kappa shape index (κ3) is 2.12. The predicted octanol–water partition coefficient (Wildman–Crippen LogP) is 1.89. The number of ether oxygens (including phenoxy) is 2. The lowest BCUT2D eigenvalue weighted by Gasteiger charge is -2.36. The summed E-state index contributed by atoms with van der Waals surface area (Å²) in [5.74, 6) is -5.27. The number of alkyl halides is 6. The highest BCUT2D eigenvalue weighted by Gasteiger charge is 2.71. The fourth-order valence-electron chi connectivity index (χ4n) is 2.22. The normalized spacial score (nSPS) is 34.3. The summed E-state index contributed by atoms with van der Waals surface area (Å²) >= 11 is 0. The van der Waals surface area contributed by atoms with Crippen LogP contribution in [0.5, 0.6) is 0 Å². The quantitative estimate of drug-likeness (QED) is 0.548. The van der Waals surface area contributed by atoms with Gasteiger partial charge in [-0.1, -0.05) is 0 Å². The highest BCUT2D eigenvalue weighted by atomic mass is 19.4. The van der Waals surface area contributed by atoms with Gasteiger partial charge in [-0.05, 0) is 6.08 Å². The van der Waals surface area contributed by atoms with E-state index in [0.717, 1.165) is 0 Å². The maximum atomic E-state index is 13.1. The number of carbonyl (C=O) groups excluding carboxylic acids is 2. The monoisotopic (exact) mass is 304 g/mol. The summed E-state index contributed by atoms with van der Waals surface area (Å²) in [4.78, 5) is 21.8. The van der Waals surface area contributed by atoms with E-state index in [4.69, 9.17) is 0 Å². The van der Waals surface area contributed by atoms with Crippen molar-refractivity contribution in [3.05, 3.63) is 12.2 Å². The third-order valence-electron chi connectivity index (χ3n) is 3.06. The Morgan fingerprint density at radius 1 is 1.15 bits per heavy atom. The molecule has 0 aromatic carbocycles. The summed E-state index contributed by atoms with van der Waals surface area (Å²) in [6.07, 6.45) is -14.1. The Hall–Kier alpha value is -1.74. The summed E-state index contributed by atoms with van der Waals surface area (Å²) < 4.78 is 85.2. The van der Waals surface area contributed by atoms with E-state index in [9.17, 15) is 35.9 Å². The summed E-state index contributed by atoms with van der Waals surface area (Å²) in [5.41, 5.74) is -3.50. The lowest BCUT2D eigenvalue weighted by atomic mass is 9.81.